The summed E-state index contributed by atoms with van der Waals surface area (Å²) < 4.78 is 8.96. The Bertz CT molecular complexity index is 455. The molecule has 0 aromatic carbocycles. The Morgan fingerprint density at radius 3 is 2.56 bits per heavy atom. The third kappa shape index (κ3) is 3.71. The highest BCUT2D eigenvalue weighted by Gasteiger charge is 2.36. The van der Waals surface area contributed by atoms with E-state index in [9.17, 15) is 0 Å². The molecule has 0 amide bonds. The molecule has 0 spiro atoms. The van der Waals surface area contributed by atoms with Crippen LogP contribution in [0.2, 0.25) is 18.1 Å². The van der Waals surface area contributed by atoms with Crippen molar-refractivity contribution in [3.8, 4) is 6.07 Å². The smallest absolute Gasteiger partial charge is 0.192 e. The number of halogens is 1. The molecule has 0 aliphatic heterocycles. The van der Waals surface area contributed by atoms with Crippen LogP contribution in [-0.2, 0) is 11.0 Å². The molecule has 0 fully saturated rings. The van der Waals surface area contributed by atoms with Crippen LogP contribution < -0.4 is 0 Å². The first-order chi connectivity index (χ1) is 8.17. The average molecular weight is 329 g/mol. The molecule has 0 bridgehead atoms. The van der Waals surface area contributed by atoms with Crippen LogP contribution >= 0.6 is 15.9 Å². The fourth-order valence-corrected chi connectivity index (χ4v) is 2.86. The minimum Gasteiger partial charge on any atom is -0.415 e. The van der Waals surface area contributed by atoms with E-state index in [-0.39, 0.29) is 5.04 Å². The highest BCUT2D eigenvalue weighted by molar-refractivity contribution is 9.10. The molecule has 1 heterocycles. The predicted octanol–water partition coefficient (Wildman–Crippen LogP) is 4.14. The monoisotopic (exact) mass is 328 g/mol. The molecular weight excluding hydrogens is 308 g/mol. The van der Waals surface area contributed by atoms with Crippen molar-refractivity contribution in [3.63, 3.8) is 0 Å². The van der Waals surface area contributed by atoms with Gasteiger partial charge in [0.1, 0.15) is 11.8 Å². The molecule has 1 rings (SSSR count). The van der Waals surface area contributed by atoms with Gasteiger partial charge >= 0.3 is 0 Å². The van der Waals surface area contributed by atoms with E-state index in [0.717, 1.165) is 11.0 Å². The summed E-state index contributed by atoms with van der Waals surface area (Å²) in [7, 11) is -1.69. The van der Waals surface area contributed by atoms with Gasteiger partial charge in [-0.1, -0.05) is 20.8 Å². The van der Waals surface area contributed by atoms with Gasteiger partial charge in [0.2, 0.25) is 0 Å². The molecule has 0 radical (unpaired) electrons. The second-order valence-electron chi connectivity index (χ2n) is 5.96. The lowest BCUT2D eigenvalue weighted by molar-refractivity contribution is 0.271. The number of aromatic nitrogens is 1. The van der Waals surface area contributed by atoms with Gasteiger partial charge in [-0.2, -0.15) is 5.26 Å². The first-order valence-corrected chi connectivity index (χ1v) is 9.77. The summed E-state index contributed by atoms with van der Waals surface area (Å²) in [6.07, 6.45) is 1.92. The molecule has 100 valence electrons. The summed E-state index contributed by atoms with van der Waals surface area (Å²) in [6, 6.07) is 4.01. The summed E-state index contributed by atoms with van der Waals surface area (Å²) in [5, 5.41) is 9.22. The molecule has 1 aromatic heterocycles. The van der Waals surface area contributed by atoms with E-state index in [1.165, 1.54) is 0 Å². The molecule has 0 unspecified atom stereocenters. The Balaban J connectivity index is 2.60. The van der Waals surface area contributed by atoms with Crippen molar-refractivity contribution in [2.45, 2.75) is 45.4 Å². The number of hydrogen-bond donors (Lipinski definition) is 0. The summed E-state index contributed by atoms with van der Waals surface area (Å²) >= 11 is 3.38. The van der Waals surface area contributed by atoms with Crippen molar-refractivity contribution in [1.82, 2.24) is 4.57 Å². The lowest BCUT2D eigenvalue weighted by Gasteiger charge is -2.36. The van der Waals surface area contributed by atoms with Crippen LogP contribution in [0.25, 0.3) is 0 Å². The van der Waals surface area contributed by atoms with Gasteiger partial charge in [0.05, 0.1) is 6.61 Å². The number of hydrogen-bond acceptors (Lipinski definition) is 2. The molecule has 3 nitrogen and oxygen atoms in total. The number of nitriles is 1. The second-order valence-corrected chi connectivity index (χ2v) is 11.7. The van der Waals surface area contributed by atoms with Gasteiger partial charge in [0.25, 0.3) is 0 Å². The summed E-state index contributed by atoms with van der Waals surface area (Å²) in [4.78, 5) is 0. The SMILES string of the molecule is CC(C)(C)[Si](C)(C)OCCn1cc(Br)cc1C#N. The van der Waals surface area contributed by atoms with Crippen molar-refractivity contribution in [2.24, 2.45) is 0 Å². The van der Waals surface area contributed by atoms with Gasteiger partial charge in [-0.3, -0.25) is 0 Å². The van der Waals surface area contributed by atoms with E-state index in [4.69, 9.17) is 9.69 Å². The highest BCUT2D eigenvalue weighted by atomic mass is 79.9. The summed E-state index contributed by atoms with van der Waals surface area (Å²) in [6.45, 7) is 12.5. The quantitative estimate of drug-likeness (QED) is 0.779. The van der Waals surface area contributed by atoms with Gasteiger partial charge in [0.15, 0.2) is 8.32 Å². The molecule has 0 aliphatic carbocycles. The Morgan fingerprint density at radius 2 is 2.06 bits per heavy atom. The number of nitrogens with zero attached hydrogens (tertiary/aromatic N) is 2. The van der Waals surface area contributed by atoms with Crippen LogP contribution in [-0.4, -0.2) is 19.5 Å². The molecule has 1 aromatic rings. The third-order valence-electron chi connectivity index (χ3n) is 3.58. The van der Waals surface area contributed by atoms with Crippen molar-refractivity contribution in [1.29, 1.82) is 5.26 Å². The standard InChI is InChI=1S/C13H21BrN2OSi/c1-13(2,3)18(4,5)17-7-6-16-10-11(14)8-12(16)9-15/h8,10H,6-7H2,1-5H3. The predicted molar refractivity (Wildman–Crippen MR) is 80.0 cm³/mol. The van der Waals surface area contributed by atoms with Crippen LogP contribution in [0.1, 0.15) is 26.5 Å². The normalized spacial score (nSPS) is 12.5. The third-order valence-corrected chi connectivity index (χ3v) is 8.55. The summed E-state index contributed by atoms with van der Waals surface area (Å²) in [5.74, 6) is 0. The Hall–Kier alpha value is -0.573. The molecule has 5 heteroatoms. The Kier molecular flexibility index (Phi) is 4.82. The molecule has 0 N–H and O–H groups in total. The topological polar surface area (TPSA) is 38.0 Å². The first-order valence-electron chi connectivity index (χ1n) is 6.07. The first kappa shape index (κ1) is 15.5. The van der Waals surface area contributed by atoms with Crippen molar-refractivity contribution < 1.29 is 4.43 Å². The average Bonchev–Trinajstić information content (AvgIpc) is 2.57. The summed E-state index contributed by atoms with van der Waals surface area (Å²) in [5.41, 5.74) is 0.667. The molecule has 0 saturated carbocycles. The van der Waals surface area contributed by atoms with Gasteiger partial charge in [-0.25, -0.2) is 0 Å². The minimum absolute atomic E-state index is 0.225. The fraction of sp³-hybridized carbons (Fsp3) is 0.615. The molecule has 0 atom stereocenters. The zero-order valence-electron chi connectivity index (χ0n) is 11.7. The van der Waals surface area contributed by atoms with Gasteiger partial charge in [-0.15, -0.1) is 0 Å². The van der Waals surface area contributed by atoms with E-state index >= 15 is 0 Å². The fourth-order valence-electron chi connectivity index (χ4n) is 1.37. The Morgan fingerprint density at radius 1 is 1.44 bits per heavy atom. The maximum atomic E-state index is 9.00. The molecule has 0 saturated heterocycles. The minimum atomic E-state index is -1.69. The van der Waals surface area contributed by atoms with Crippen molar-refractivity contribution >= 4 is 24.2 Å². The van der Waals surface area contributed by atoms with Crippen LogP contribution in [0.3, 0.4) is 0 Å². The van der Waals surface area contributed by atoms with Crippen LogP contribution in [0, 0.1) is 11.3 Å². The van der Waals surface area contributed by atoms with Gasteiger partial charge in [0, 0.05) is 17.2 Å². The van der Waals surface area contributed by atoms with E-state index in [2.05, 4.69) is 55.9 Å². The zero-order valence-corrected chi connectivity index (χ0v) is 14.3. The van der Waals surface area contributed by atoms with Crippen molar-refractivity contribution in [3.05, 3.63) is 22.4 Å². The van der Waals surface area contributed by atoms with E-state index in [0.29, 0.717) is 12.3 Å². The Labute approximate surface area is 119 Å². The van der Waals surface area contributed by atoms with Gasteiger partial charge in [-0.05, 0) is 40.1 Å². The van der Waals surface area contributed by atoms with Crippen LogP contribution in [0.4, 0.5) is 0 Å². The maximum Gasteiger partial charge on any atom is 0.192 e. The van der Waals surface area contributed by atoms with Crippen LogP contribution in [0.15, 0.2) is 16.7 Å². The zero-order chi connectivity index (χ0) is 14.0. The van der Waals surface area contributed by atoms with Crippen molar-refractivity contribution in [2.75, 3.05) is 6.61 Å². The molecular formula is C13H21BrN2OSi. The van der Waals surface area contributed by atoms with E-state index < -0.39 is 8.32 Å². The van der Waals surface area contributed by atoms with Gasteiger partial charge < -0.3 is 8.99 Å². The molecule has 0 aliphatic rings. The maximum absolute atomic E-state index is 9.00. The van der Waals surface area contributed by atoms with Crippen LogP contribution in [0.5, 0.6) is 0 Å². The second kappa shape index (κ2) is 5.60. The lowest BCUT2D eigenvalue weighted by atomic mass is 10.2. The number of rotatable bonds is 4. The lowest BCUT2D eigenvalue weighted by Crippen LogP contribution is -2.41. The largest absolute Gasteiger partial charge is 0.415 e. The molecule has 18 heavy (non-hydrogen) atoms. The van der Waals surface area contributed by atoms with E-state index in [1.54, 1.807) is 0 Å². The van der Waals surface area contributed by atoms with E-state index in [1.807, 2.05) is 16.8 Å². The highest BCUT2D eigenvalue weighted by Crippen LogP contribution is 2.36.